The van der Waals surface area contributed by atoms with E-state index in [1.807, 2.05) is 18.9 Å². The Hall–Kier alpha value is -0.850. The van der Waals surface area contributed by atoms with Gasteiger partial charge in [-0.15, -0.1) is 0 Å². The average Bonchev–Trinajstić information content (AvgIpc) is 2.78. The third kappa shape index (κ3) is 4.89. The normalized spacial score (nSPS) is 22.6. The minimum atomic E-state index is 0.0815. The lowest BCUT2D eigenvalue weighted by Gasteiger charge is -2.24. The minimum absolute atomic E-state index is 0.0815. The van der Waals surface area contributed by atoms with Crippen LogP contribution in [-0.2, 0) is 9.47 Å². The summed E-state index contributed by atoms with van der Waals surface area (Å²) in [4.78, 5) is 6.44. The van der Waals surface area contributed by atoms with Crippen molar-refractivity contribution < 1.29 is 9.47 Å². The molecule has 1 aliphatic rings. The molecule has 0 spiro atoms. The highest BCUT2D eigenvalue weighted by Gasteiger charge is 2.19. The third-order valence-electron chi connectivity index (χ3n) is 2.74. The van der Waals surface area contributed by atoms with E-state index in [0.717, 1.165) is 26.0 Å². The minimum Gasteiger partial charge on any atom is -0.382 e. The molecule has 0 bridgehead atoms. The van der Waals surface area contributed by atoms with Crippen molar-refractivity contribution in [2.45, 2.75) is 31.9 Å². The maximum atomic E-state index is 5.58. The molecule has 0 amide bonds. The van der Waals surface area contributed by atoms with E-state index in [0.29, 0.717) is 12.6 Å². The fraction of sp³-hybridized carbons (Fsp3) is 0.909. The van der Waals surface area contributed by atoms with E-state index in [2.05, 4.69) is 10.4 Å². The molecule has 0 saturated carbocycles. The van der Waals surface area contributed by atoms with Crippen LogP contribution in [0, 0.1) is 0 Å². The fourth-order valence-corrected chi connectivity index (χ4v) is 1.91. The summed E-state index contributed by atoms with van der Waals surface area (Å²) in [5, 5.41) is 0. The third-order valence-corrected chi connectivity index (χ3v) is 2.74. The standard InChI is InChI=1S/C11H24N4O2/c1-9(8-16-3)13-11(14-12)15(2)7-10-5-4-6-17-10/h9-10H,4-8,12H2,1-3H3,(H,13,14). The monoisotopic (exact) mass is 244 g/mol. The van der Waals surface area contributed by atoms with Crippen LogP contribution in [0.4, 0.5) is 0 Å². The van der Waals surface area contributed by atoms with Gasteiger partial charge in [0.15, 0.2) is 0 Å². The molecule has 1 fully saturated rings. The van der Waals surface area contributed by atoms with Gasteiger partial charge in [0.25, 0.3) is 0 Å². The number of hydrogen-bond acceptors (Lipinski definition) is 4. The molecule has 1 aliphatic heterocycles. The fourth-order valence-electron chi connectivity index (χ4n) is 1.91. The second-order valence-electron chi connectivity index (χ2n) is 4.42. The maximum Gasteiger partial charge on any atom is 0.208 e. The molecule has 1 saturated heterocycles. The number of ether oxygens (including phenoxy) is 2. The van der Waals surface area contributed by atoms with Crippen molar-refractivity contribution in [3.63, 3.8) is 0 Å². The van der Waals surface area contributed by atoms with Gasteiger partial charge in [0.2, 0.25) is 5.96 Å². The first kappa shape index (κ1) is 14.2. The Labute approximate surface area is 103 Å². The van der Waals surface area contributed by atoms with E-state index in [9.17, 15) is 0 Å². The number of guanidine groups is 1. The number of nitrogens with zero attached hydrogens (tertiary/aromatic N) is 2. The lowest BCUT2D eigenvalue weighted by Crippen LogP contribution is -2.46. The van der Waals surface area contributed by atoms with Gasteiger partial charge in [-0.1, -0.05) is 0 Å². The molecule has 100 valence electrons. The first-order chi connectivity index (χ1) is 8.17. The van der Waals surface area contributed by atoms with Gasteiger partial charge >= 0.3 is 0 Å². The summed E-state index contributed by atoms with van der Waals surface area (Å²) >= 11 is 0. The Balaban J connectivity index is 2.46. The number of aliphatic imine (C=N–C) groups is 1. The topological polar surface area (TPSA) is 72.1 Å². The Morgan fingerprint density at radius 2 is 2.47 bits per heavy atom. The van der Waals surface area contributed by atoms with Gasteiger partial charge in [-0.3, -0.25) is 5.43 Å². The van der Waals surface area contributed by atoms with Crippen molar-refractivity contribution in [3.8, 4) is 0 Å². The van der Waals surface area contributed by atoms with E-state index in [-0.39, 0.29) is 12.1 Å². The Bertz CT molecular complexity index is 242. The first-order valence-electron chi connectivity index (χ1n) is 6.03. The molecule has 0 radical (unpaired) electrons. The van der Waals surface area contributed by atoms with Crippen LogP contribution >= 0.6 is 0 Å². The maximum absolute atomic E-state index is 5.58. The van der Waals surface area contributed by atoms with E-state index < -0.39 is 0 Å². The van der Waals surface area contributed by atoms with Crippen molar-refractivity contribution in [2.75, 3.05) is 33.9 Å². The zero-order valence-electron chi connectivity index (χ0n) is 11.0. The van der Waals surface area contributed by atoms with Crippen LogP contribution in [0.5, 0.6) is 0 Å². The molecule has 1 rings (SSSR count). The lowest BCUT2D eigenvalue weighted by molar-refractivity contribution is 0.0950. The van der Waals surface area contributed by atoms with Gasteiger partial charge in [0.1, 0.15) is 0 Å². The summed E-state index contributed by atoms with van der Waals surface area (Å²) < 4.78 is 10.6. The highest BCUT2D eigenvalue weighted by Crippen LogP contribution is 2.12. The smallest absolute Gasteiger partial charge is 0.208 e. The molecule has 2 atom stereocenters. The van der Waals surface area contributed by atoms with Crippen molar-refractivity contribution in [1.29, 1.82) is 0 Å². The summed E-state index contributed by atoms with van der Waals surface area (Å²) in [6.45, 7) is 4.24. The molecule has 6 nitrogen and oxygen atoms in total. The summed E-state index contributed by atoms with van der Waals surface area (Å²) in [6.07, 6.45) is 2.54. The first-order valence-corrected chi connectivity index (χ1v) is 6.03. The average molecular weight is 244 g/mol. The summed E-state index contributed by atoms with van der Waals surface area (Å²) in [7, 11) is 3.62. The number of hydrazine groups is 1. The van der Waals surface area contributed by atoms with Crippen molar-refractivity contribution in [3.05, 3.63) is 0 Å². The van der Waals surface area contributed by atoms with Crippen molar-refractivity contribution in [2.24, 2.45) is 10.8 Å². The van der Waals surface area contributed by atoms with Gasteiger partial charge in [0.05, 0.1) is 18.8 Å². The zero-order chi connectivity index (χ0) is 12.7. The van der Waals surface area contributed by atoms with E-state index in [4.69, 9.17) is 15.3 Å². The Morgan fingerprint density at radius 1 is 1.71 bits per heavy atom. The second kappa shape index (κ2) is 7.47. The molecular weight excluding hydrogens is 220 g/mol. The molecule has 3 N–H and O–H groups in total. The van der Waals surface area contributed by atoms with Crippen LogP contribution in [0.15, 0.2) is 4.99 Å². The molecule has 17 heavy (non-hydrogen) atoms. The highest BCUT2D eigenvalue weighted by atomic mass is 16.5. The number of likely N-dealkylation sites (N-methyl/N-ethyl adjacent to an activating group) is 1. The molecule has 2 unspecified atom stereocenters. The van der Waals surface area contributed by atoms with Crippen LogP contribution in [0.25, 0.3) is 0 Å². The van der Waals surface area contributed by atoms with E-state index in [1.54, 1.807) is 7.11 Å². The number of nitrogens with two attached hydrogens (primary N) is 1. The predicted octanol–water partition coefficient (Wildman–Crippen LogP) is -0.0486. The van der Waals surface area contributed by atoms with Crippen LogP contribution < -0.4 is 11.3 Å². The van der Waals surface area contributed by atoms with Crippen LogP contribution in [0.1, 0.15) is 19.8 Å². The number of methoxy groups -OCH3 is 1. The summed E-state index contributed by atoms with van der Waals surface area (Å²) in [5.41, 5.74) is 2.63. The number of rotatable bonds is 5. The number of nitrogens with one attached hydrogen (secondary N) is 1. The van der Waals surface area contributed by atoms with Gasteiger partial charge < -0.3 is 14.4 Å². The van der Waals surface area contributed by atoms with Gasteiger partial charge in [-0.2, -0.15) is 0 Å². The largest absolute Gasteiger partial charge is 0.382 e. The van der Waals surface area contributed by atoms with Crippen molar-refractivity contribution >= 4 is 5.96 Å². The quantitative estimate of drug-likeness (QED) is 0.307. The Kier molecular flexibility index (Phi) is 6.25. The van der Waals surface area contributed by atoms with Gasteiger partial charge in [0, 0.05) is 27.3 Å². The Morgan fingerprint density at radius 3 is 3.00 bits per heavy atom. The van der Waals surface area contributed by atoms with E-state index in [1.165, 1.54) is 0 Å². The molecule has 0 aromatic carbocycles. The molecule has 0 aliphatic carbocycles. The number of hydrogen-bond donors (Lipinski definition) is 2. The zero-order valence-corrected chi connectivity index (χ0v) is 11.0. The molecule has 6 heteroatoms. The molecular formula is C11H24N4O2. The van der Waals surface area contributed by atoms with Crippen LogP contribution in [0.2, 0.25) is 0 Å². The summed E-state index contributed by atoms with van der Waals surface area (Å²) in [6, 6.07) is 0.0815. The second-order valence-corrected chi connectivity index (χ2v) is 4.42. The summed E-state index contributed by atoms with van der Waals surface area (Å²) in [5.74, 6) is 6.16. The van der Waals surface area contributed by atoms with Crippen LogP contribution in [0.3, 0.4) is 0 Å². The molecule has 1 heterocycles. The predicted molar refractivity (Wildman–Crippen MR) is 67.7 cm³/mol. The van der Waals surface area contributed by atoms with Crippen molar-refractivity contribution in [1.82, 2.24) is 10.3 Å². The SMILES string of the molecule is COCC(C)N=C(NN)N(C)CC1CCCO1. The molecule has 0 aromatic rings. The van der Waals surface area contributed by atoms with Gasteiger partial charge in [-0.05, 0) is 19.8 Å². The van der Waals surface area contributed by atoms with Crippen LogP contribution in [-0.4, -0.2) is 56.9 Å². The molecule has 0 aromatic heterocycles. The van der Waals surface area contributed by atoms with Gasteiger partial charge in [-0.25, -0.2) is 10.8 Å². The lowest BCUT2D eigenvalue weighted by atomic mass is 10.2. The van der Waals surface area contributed by atoms with E-state index >= 15 is 0 Å². The highest BCUT2D eigenvalue weighted by molar-refractivity contribution is 5.79.